The maximum atomic E-state index is 12.8. The van der Waals surface area contributed by atoms with Gasteiger partial charge in [-0.3, -0.25) is 9.36 Å². The third-order valence-corrected chi connectivity index (χ3v) is 7.04. The van der Waals surface area contributed by atoms with E-state index in [1.807, 2.05) is 31.2 Å². The van der Waals surface area contributed by atoms with Gasteiger partial charge in [-0.2, -0.15) is 0 Å². The molecule has 2 atom stereocenters. The molecule has 1 aromatic heterocycles. The van der Waals surface area contributed by atoms with Crippen molar-refractivity contribution in [1.82, 2.24) is 4.57 Å². The first-order valence-electron chi connectivity index (χ1n) is 9.86. The molecule has 0 bridgehead atoms. The summed E-state index contributed by atoms with van der Waals surface area (Å²) in [5, 5.41) is 13.7. The number of aromatic nitrogens is 1. The van der Waals surface area contributed by atoms with Crippen LogP contribution in [0.1, 0.15) is 54.0 Å². The van der Waals surface area contributed by atoms with E-state index in [2.05, 4.69) is 11.4 Å². The van der Waals surface area contributed by atoms with Crippen molar-refractivity contribution in [1.29, 1.82) is 0 Å². The van der Waals surface area contributed by atoms with E-state index in [1.54, 1.807) is 6.07 Å². The lowest BCUT2D eigenvalue weighted by Crippen LogP contribution is -2.34. The van der Waals surface area contributed by atoms with Gasteiger partial charge in [0.05, 0.1) is 5.03 Å². The molecule has 2 unspecified atom stereocenters. The second-order valence-electron chi connectivity index (χ2n) is 8.33. The number of thioether (sulfide) groups is 1. The van der Waals surface area contributed by atoms with Gasteiger partial charge in [0, 0.05) is 28.5 Å². The summed E-state index contributed by atoms with van der Waals surface area (Å²) in [4.78, 5) is 24.5. The fourth-order valence-corrected chi connectivity index (χ4v) is 5.76. The number of carbonyl (C=O) groups is 1. The van der Waals surface area contributed by atoms with E-state index in [-0.39, 0.29) is 5.56 Å². The minimum absolute atomic E-state index is 0.218. The quantitative estimate of drug-likeness (QED) is 0.765. The smallest absolute Gasteiger partial charge is 0.327 e. The minimum Gasteiger partial charge on any atom is -0.480 e. The van der Waals surface area contributed by atoms with E-state index in [9.17, 15) is 14.7 Å². The van der Waals surface area contributed by atoms with E-state index in [4.69, 9.17) is 7.85 Å². The number of pyridine rings is 1. The number of nitrogens with one attached hydrogen (secondary N) is 1. The summed E-state index contributed by atoms with van der Waals surface area (Å²) in [6.45, 7) is 1.92. The van der Waals surface area contributed by atoms with Crippen LogP contribution >= 0.6 is 11.8 Å². The van der Waals surface area contributed by atoms with Gasteiger partial charge >= 0.3 is 5.97 Å². The molecule has 3 heterocycles. The Hall–Kier alpha value is -2.41. The molecule has 1 aromatic carbocycles. The number of hydrogen-bond donors (Lipinski definition) is 2. The Balaban J connectivity index is 1.60. The highest BCUT2D eigenvalue weighted by Gasteiger charge is 2.37. The van der Waals surface area contributed by atoms with E-state index in [0.717, 1.165) is 40.2 Å². The molecule has 5 rings (SSSR count). The second-order valence-corrected chi connectivity index (χ2v) is 9.34. The van der Waals surface area contributed by atoms with E-state index < -0.39 is 17.4 Å². The van der Waals surface area contributed by atoms with Crippen molar-refractivity contribution in [3.63, 3.8) is 0 Å². The van der Waals surface area contributed by atoms with Gasteiger partial charge in [0.25, 0.3) is 5.56 Å². The van der Waals surface area contributed by atoms with Crippen LogP contribution in [0.3, 0.4) is 0 Å². The highest BCUT2D eigenvalue weighted by molar-refractivity contribution is 7.99. The Labute approximate surface area is 174 Å². The van der Waals surface area contributed by atoms with Crippen LogP contribution in [0, 0.1) is 0 Å². The zero-order valence-electron chi connectivity index (χ0n) is 16.1. The number of rotatable bonds is 4. The van der Waals surface area contributed by atoms with E-state index >= 15 is 0 Å². The SMILES string of the molecule is [B]C1(C)C=Cc2c(Cc3cc(=O)n4c(c3C3CC3)SCC4C(=O)O)cccc2N1. The number of aliphatic carboxylic acids is 1. The van der Waals surface area contributed by atoms with Gasteiger partial charge in [0.2, 0.25) is 0 Å². The van der Waals surface area contributed by atoms with Crippen molar-refractivity contribution in [2.75, 3.05) is 11.1 Å². The Morgan fingerprint density at radius 2 is 2.17 bits per heavy atom. The maximum absolute atomic E-state index is 12.8. The topological polar surface area (TPSA) is 71.3 Å². The van der Waals surface area contributed by atoms with Gasteiger partial charge in [-0.05, 0) is 54.9 Å². The molecule has 1 aliphatic carbocycles. The molecule has 146 valence electrons. The first kappa shape index (κ1) is 18.6. The summed E-state index contributed by atoms with van der Waals surface area (Å²) >= 11 is 1.51. The second kappa shape index (κ2) is 6.56. The van der Waals surface area contributed by atoms with Crippen molar-refractivity contribution in [2.45, 2.75) is 48.6 Å². The third kappa shape index (κ3) is 3.21. The Morgan fingerprint density at radius 3 is 2.90 bits per heavy atom. The fraction of sp³-hybridized carbons (Fsp3) is 0.364. The number of carboxylic acid groups (broad SMARTS) is 1. The van der Waals surface area contributed by atoms with Crippen molar-refractivity contribution in [3.05, 3.63) is 62.9 Å². The summed E-state index contributed by atoms with van der Waals surface area (Å²) in [7, 11) is 6.19. The summed E-state index contributed by atoms with van der Waals surface area (Å²) < 4.78 is 1.49. The normalized spacial score (nSPS) is 24.7. The lowest BCUT2D eigenvalue weighted by atomic mass is 9.76. The van der Waals surface area contributed by atoms with Crippen molar-refractivity contribution >= 4 is 37.3 Å². The highest BCUT2D eigenvalue weighted by atomic mass is 32.2. The number of anilines is 1. The summed E-state index contributed by atoms with van der Waals surface area (Å²) in [6, 6.07) is 6.99. The predicted octanol–water partition coefficient (Wildman–Crippen LogP) is 3.37. The van der Waals surface area contributed by atoms with Crippen molar-refractivity contribution < 1.29 is 9.90 Å². The van der Waals surface area contributed by atoms with E-state index in [0.29, 0.717) is 18.1 Å². The first-order chi connectivity index (χ1) is 13.8. The molecule has 2 N–H and O–H groups in total. The number of nitrogens with zero attached hydrogens (tertiary/aromatic N) is 1. The number of benzene rings is 1. The Kier molecular flexibility index (Phi) is 4.21. The van der Waals surface area contributed by atoms with Gasteiger partial charge < -0.3 is 10.4 Å². The molecule has 1 fully saturated rings. The predicted molar refractivity (Wildman–Crippen MR) is 116 cm³/mol. The molecule has 2 aromatic rings. The molecule has 5 nitrogen and oxygen atoms in total. The lowest BCUT2D eigenvalue weighted by Gasteiger charge is -2.30. The average molecular weight is 404 g/mol. The van der Waals surface area contributed by atoms with Crippen LogP contribution < -0.4 is 10.9 Å². The Morgan fingerprint density at radius 1 is 1.38 bits per heavy atom. The minimum atomic E-state index is -0.939. The van der Waals surface area contributed by atoms with Crippen LogP contribution in [0.15, 0.2) is 40.2 Å². The zero-order valence-corrected chi connectivity index (χ0v) is 17.0. The molecular weight excluding hydrogens is 383 g/mol. The molecule has 0 spiro atoms. The third-order valence-electron chi connectivity index (χ3n) is 5.87. The van der Waals surface area contributed by atoms with E-state index in [1.165, 1.54) is 21.9 Å². The van der Waals surface area contributed by atoms with Crippen LogP contribution in [-0.2, 0) is 11.2 Å². The average Bonchev–Trinajstić information content (AvgIpc) is 3.37. The Bertz CT molecular complexity index is 1120. The summed E-state index contributed by atoms with van der Waals surface area (Å²) in [5.41, 5.74) is 4.60. The fourth-order valence-electron chi connectivity index (χ4n) is 4.34. The van der Waals surface area contributed by atoms with Gasteiger partial charge in [0.1, 0.15) is 13.9 Å². The molecule has 1 saturated carbocycles. The van der Waals surface area contributed by atoms with Gasteiger partial charge in [-0.1, -0.05) is 24.3 Å². The molecule has 2 aliphatic heterocycles. The van der Waals surface area contributed by atoms with Gasteiger partial charge in [0.15, 0.2) is 0 Å². The molecule has 29 heavy (non-hydrogen) atoms. The molecule has 3 aliphatic rings. The van der Waals surface area contributed by atoms with Crippen LogP contribution in [0.4, 0.5) is 5.69 Å². The molecular formula is C22H21BN2O3S. The van der Waals surface area contributed by atoms with Crippen LogP contribution in [0.25, 0.3) is 6.08 Å². The number of hydrogen-bond acceptors (Lipinski definition) is 4. The molecule has 7 heteroatoms. The summed E-state index contributed by atoms with van der Waals surface area (Å²) in [6.07, 6.45) is 6.83. The van der Waals surface area contributed by atoms with Crippen LogP contribution in [0.5, 0.6) is 0 Å². The first-order valence-corrected chi connectivity index (χ1v) is 10.8. The van der Waals surface area contributed by atoms with Crippen molar-refractivity contribution in [3.8, 4) is 0 Å². The molecule has 0 amide bonds. The van der Waals surface area contributed by atoms with Crippen molar-refractivity contribution in [2.24, 2.45) is 0 Å². The largest absolute Gasteiger partial charge is 0.480 e. The molecule has 0 saturated heterocycles. The van der Waals surface area contributed by atoms with Gasteiger partial charge in [-0.15, -0.1) is 11.8 Å². The monoisotopic (exact) mass is 404 g/mol. The number of carboxylic acids is 1. The lowest BCUT2D eigenvalue weighted by molar-refractivity contribution is -0.140. The maximum Gasteiger partial charge on any atom is 0.327 e. The van der Waals surface area contributed by atoms with Crippen LogP contribution in [0.2, 0.25) is 0 Å². The molecule has 2 radical (unpaired) electrons. The standard InChI is InChI=1S/C22H21BN2O3S/c1-22(23)8-7-15-13(3-2-4-16(15)24-22)9-14-10-18(26)25-17(21(27)28)11-29-20(25)19(14)12-5-6-12/h2-4,7-8,10,12,17,24H,5-6,9,11H2,1H3,(H,27,28). The van der Waals surface area contributed by atoms with Gasteiger partial charge in [-0.25, -0.2) is 4.79 Å². The number of fused-ring (bicyclic) bond motifs is 2. The highest BCUT2D eigenvalue weighted by Crippen LogP contribution is 2.48. The van der Waals surface area contributed by atoms with Crippen LogP contribution in [-0.4, -0.2) is 34.7 Å². The zero-order chi connectivity index (χ0) is 20.3. The summed E-state index contributed by atoms with van der Waals surface area (Å²) in [5.74, 6) is -0.102.